The molecule has 0 bridgehead atoms. The Balaban J connectivity index is 2.16. The zero-order valence-corrected chi connectivity index (χ0v) is 14.0. The summed E-state index contributed by atoms with van der Waals surface area (Å²) in [5.74, 6) is -1.51. The van der Waals surface area contributed by atoms with Crippen LogP contribution in [0.25, 0.3) is 21.9 Å². The number of aliphatic carboxylic acids is 1. The van der Waals surface area contributed by atoms with Crippen molar-refractivity contribution in [3.8, 4) is 0 Å². The highest BCUT2D eigenvalue weighted by Gasteiger charge is 2.33. The van der Waals surface area contributed by atoms with Crippen LogP contribution in [0.5, 0.6) is 0 Å². The van der Waals surface area contributed by atoms with E-state index in [2.05, 4.69) is 0 Å². The number of carbonyl (C=O) groups is 1. The molecule has 0 spiro atoms. The van der Waals surface area contributed by atoms with Crippen molar-refractivity contribution >= 4 is 44.9 Å². The lowest BCUT2D eigenvalue weighted by atomic mass is 10.0. The van der Waals surface area contributed by atoms with Gasteiger partial charge in [-0.2, -0.15) is 0 Å². The van der Waals surface area contributed by atoms with Crippen molar-refractivity contribution in [1.29, 1.82) is 0 Å². The predicted molar refractivity (Wildman–Crippen MR) is 93.2 cm³/mol. The summed E-state index contributed by atoms with van der Waals surface area (Å²) in [6, 6.07) is 11.4. The highest BCUT2D eigenvalue weighted by atomic mass is 32.2. The van der Waals surface area contributed by atoms with Crippen molar-refractivity contribution in [1.82, 2.24) is 0 Å². The van der Waals surface area contributed by atoms with Gasteiger partial charge in [0, 0.05) is 16.8 Å². The number of furan rings is 1. The second-order valence-electron chi connectivity index (χ2n) is 5.86. The Morgan fingerprint density at radius 3 is 2.42 bits per heavy atom. The minimum Gasteiger partial charge on any atom is -0.480 e. The van der Waals surface area contributed by atoms with Crippen molar-refractivity contribution in [2.45, 2.75) is 19.9 Å². The smallest absolute Gasteiger partial charge is 0.327 e. The first-order chi connectivity index (χ1) is 11.4. The van der Waals surface area contributed by atoms with E-state index < -0.39 is 23.3 Å². The lowest BCUT2D eigenvalue weighted by molar-refractivity contribution is -0.139. The summed E-state index contributed by atoms with van der Waals surface area (Å²) in [6.45, 7) is 3.39. The van der Waals surface area contributed by atoms with Crippen LogP contribution in [0.2, 0.25) is 0 Å². The molecule has 0 fully saturated rings. The van der Waals surface area contributed by atoms with Crippen molar-refractivity contribution in [3.05, 3.63) is 42.5 Å². The molecular weight excluding hydrogens is 330 g/mol. The van der Waals surface area contributed by atoms with Crippen LogP contribution in [0.1, 0.15) is 13.8 Å². The molecule has 2 aromatic carbocycles. The van der Waals surface area contributed by atoms with Crippen LogP contribution >= 0.6 is 0 Å². The number of benzene rings is 2. The molecule has 24 heavy (non-hydrogen) atoms. The molecule has 3 aromatic rings. The Kier molecular flexibility index (Phi) is 4.29. The maximum Gasteiger partial charge on any atom is 0.327 e. The van der Waals surface area contributed by atoms with Crippen LogP contribution in [-0.4, -0.2) is 25.9 Å². The number of carboxylic acids is 1. The minimum absolute atomic E-state index is 0.323. The SMILES string of the molecule is CC(C)C(C(=O)O)N(c1ccc2c(c1)oc1ccccc12)S(=O)O. The minimum atomic E-state index is -2.48. The topological polar surface area (TPSA) is 91.0 Å². The van der Waals surface area contributed by atoms with E-state index in [1.54, 1.807) is 32.0 Å². The van der Waals surface area contributed by atoms with Crippen molar-refractivity contribution in [3.63, 3.8) is 0 Å². The third kappa shape index (κ3) is 2.76. The van der Waals surface area contributed by atoms with E-state index in [-0.39, 0.29) is 5.92 Å². The largest absolute Gasteiger partial charge is 0.480 e. The zero-order chi connectivity index (χ0) is 17.4. The van der Waals surface area contributed by atoms with Gasteiger partial charge in [0.05, 0.1) is 5.69 Å². The Labute approximate surface area is 141 Å². The van der Waals surface area contributed by atoms with Crippen LogP contribution in [0.3, 0.4) is 0 Å². The Hall–Kier alpha value is -2.38. The van der Waals surface area contributed by atoms with E-state index in [1.807, 2.05) is 24.3 Å². The van der Waals surface area contributed by atoms with Gasteiger partial charge in [0.1, 0.15) is 17.2 Å². The number of para-hydroxylation sites is 1. The fourth-order valence-electron chi connectivity index (χ4n) is 2.86. The van der Waals surface area contributed by atoms with Crippen LogP contribution < -0.4 is 4.31 Å². The van der Waals surface area contributed by atoms with Gasteiger partial charge < -0.3 is 9.52 Å². The van der Waals surface area contributed by atoms with Crippen LogP contribution in [-0.2, 0) is 16.1 Å². The zero-order valence-electron chi connectivity index (χ0n) is 13.2. The molecule has 0 saturated heterocycles. The summed E-state index contributed by atoms with van der Waals surface area (Å²) < 4.78 is 28.2. The molecule has 6 nitrogen and oxygen atoms in total. The predicted octanol–water partition coefficient (Wildman–Crippen LogP) is 3.64. The molecular formula is C17H17NO5S. The van der Waals surface area contributed by atoms with E-state index in [9.17, 15) is 18.7 Å². The van der Waals surface area contributed by atoms with Gasteiger partial charge in [-0.05, 0) is 24.1 Å². The van der Waals surface area contributed by atoms with Crippen molar-refractivity contribution in [2.24, 2.45) is 5.92 Å². The Morgan fingerprint density at radius 1 is 1.12 bits per heavy atom. The van der Waals surface area contributed by atoms with Gasteiger partial charge in [0.2, 0.25) is 0 Å². The third-order valence-electron chi connectivity index (χ3n) is 3.92. The van der Waals surface area contributed by atoms with Crippen LogP contribution in [0, 0.1) is 5.92 Å². The quantitative estimate of drug-likeness (QED) is 0.688. The Morgan fingerprint density at radius 2 is 1.79 bits per heavy atom. The lowest BCUT2D eigenvalue weighted by Crippen LogP contribution is -2.45. The van der Waals surface area contributed by atoms with E-state index in [4.69, 9.17) is 4.42 Å². The number of hydrogen-bond acceptors (Lipinski definition) is 3. The van der Waals surface area contributed by atoms with Gasteiger partial charge >= 0.3 is 5.97 Å². The van der Waals surface area contributed by atoms with Crippen molar-refractivity contribution < 1.29 is 23.1 Å². The summed E-state index contributed by atoms with van der Waals surface area (Å²) >= 11 is -2.48. The van der Waals surface area contributed by atoms with Gasteiger partial charge in [0.25, 0.3) is 11.3 Å². The number of nitrogens with zero attached hydrogens (tertiary/aromatic N) is 1. The molecule has 2 atom stereocenters. The molecule has 2 N–H and O–H groups in total. The average Bonchev–Trinajstić information content (AvgIpc) is 2.88. The number of carboxylic acid groups (broad SMARTS) is 1. The second-order valence-corrected chi connectivity index (χ2v) is 6.72. The monoisotopic (exact) mass is 347 g/mol. The molecule has 2 unspecified atom stereocenters. The first kappa shape index (κ1) is 16.5. The second kappa shape index (κ2) is 6.26. The normalized spacial score (nSPS) is 14.2. The molecule has 126 valence electrons. The molecule has 0 aliphatic carbocycles. The molecule has 1 heterocycles. The fraction of sp³-hybridized carbons (Fsp3) is 0.235. The van der Waals surface area contributed by atoms with Gasteiger partial charge in [0.15, 0.2) is 0 Å². The highest BCUT2D eigenvalue weighted by Crippen LogP contribution is 2.33. The molecule has 0 aliphatic heterocycles. The summed E-state index contributed by atoms with van der Waals surface area (Å²) in [6.07, 6.45) is 0. The van der Waals surface area contributed by atoms with E-state index in [1.165, 1.54) is 0 Å². The summed E-state index contributed by atoms with van der Waals surface area (Å²) in [5.41, 5.74) is 1.57. The number of fused-ring (bicyclic) bond motifs is 3. The highest BCUT2D eigenvalue weighted by molar-refractivity contribution is 7.80. The van der Waals surface area contributed by atoms with Crippen LogP contribution in [0.4, 0.5) is 5.69 Å². The van der Waals surface area contributed by atoms with Gasteiger partial charge in [-0.1, -0.05) is 32.0 Å². The standard InChI is InChI=1S/C17H17NO5S/c1-10(2)16(17(19)20)18(24(21)22)11-7-8-13-12-5-3-4-6-14(12)23-15(13)9-11/h3-10,16H,1-2H3,(H,19,20)(H,21,22). The summed E-state index contributed by atoms with van der Waals surface area (Å²) in [7, 11) is 0. The fourth-order valence-corrected chi connectivity index (χ4v) is 3.68. The van der Waals surface area contributed by atoms with Gasteiger partial charge in [-0.15, -0.1) is 0 Å². The molecule has 0 aliphatic rings. The maximum absolute atomic E-state index is 11.8. The van der Waals surface area contributed by atoms with E-state index in [0.717, 1.165) is 15.1 Å². The summed E-state index contributed by atoms with van der Waals surface area (Å²) in [5, 5.41) is 11.3. The third-order valence-corrected chi connectivity index (χ3v) is 4.70. The number of hydrogen-bond donors (Lipinski definition) is 2. The van der Waals surface area contributed by atoms with Crippen LogP contribution in [0.15, 0.2) is 46.9 Å². The number of anilines is 1. The summed E-state index contributed by atoms with van der Waals surface area (Å²) in [4.78, 5) is 11.6. The van der Waals surface area contributed by atoms with Gasteiger partial charge in [-0.25, -0.2) is 9.00 Å². The molecule has 3 rings (SSSR count). The molecule has 0 radical (unpaired) electrons. The van der Waals surface area contributed by atoms with Crippen molar-refractivity contribution in [2.75, 3.05) is 4.31 Å². The number of rotatable bonds is 5. The van der Waals surface area contributed by atoms with E-state index in [0.29, 0.717) is 16.9 Å². The molecule has 7 heteroatoms. The van der Waals surface area contributed by atoms with E-state index >= 15 is 0 Å². The first-order valence-corrected chi connectivity index (χ1v) is 8.51. The lowest BCUT2D eigenvalue weighted by Gasteiger charge is -2.29. The molecule has 0 saturated carbocycles. The Bertz CT molecular complexity index is 933. The maximum atomic E-state index is 11.8. The van der Waals surface area contributed by atoms with Gasteiger partial charge in [-0.3, -0.25) is 8.86 Å². The average molecular weight is 347 g/mol. The molecule has 1 aromatic heterocycles. The first-order valence-electron chi connectivity index (χ1n) is 7.44. The molecule has 0 amide bonds.